The minimum atomic E-state index is -0.257. The van der Waals surface area contributed by atoms with Gasteiger partial charge in [-0.3, -0.25) is 14.7 Å². The van der Waals surface area contributed by atoms with E-state index < -0.39 is 0 Å². The lowest BCUT2D eigenvalue weighted by molar-refractivity contribution is -0.122. The van der Waals surface area contributed by atoms with Crippen LogP contribution < -0.4 is 4.90 Å². The predicted molar refractivity (Wildman–Crippen MR) is 132 cm³/mol. The lowest BCUT2D eigenvalue weighted by Gasteiger charge is -2.18. The van der Waals surface area contributed by atoms with Crippen LogP contribution in [0.25, 0.3) is 6.08 Å². The van der Waals surface area contributed by atoms with Crippen LogP contribution in [0.1, 0.15) is 24.0 Å². The quantitative estimate of drug-likeness (QED) is 0.465. The molecule has 1 amide bonds. The van der Waals surface area contributed by atoms with E-state index in [1.165, 1.54) is 17.8 Å². The second-order valence-corrected chi connectivity index (χ2v) is 9.01. The lowest BCUT2D eigenvalue weighted by Crippen LogP contribution is -2.28. The summed E-state index contributed by atoms with van der Waals surface area (Å²) in [5.74, 6) is -0.408. The summed E-state index contributed by atoms with van der Waals surface area (Å²) in [6, 6.07) is 18.5. The maximum absolute atomic E-state index is 14.8. The first-order valence-electron chi connectivity index (χ1n) is 11.0. The molecule has 33 heavy (non-hydrogen) atoms. The van der Waals surface area contributed by atoms with Crippen LogP contribution in [-0.4, -0.2) is 34.0 Å². The third-order valence-corrected chi connectivity index (χ3v) is 6.66. The number of nitrogens with zero attached hydrogens (tertiary/aromatic N) is 4. The fourth-order valence-electron chi connectivity index (χ4n) is 4.00. The van der Waals surface area contributed by atoms with E-state index in [9.17, 15) is 9.18 Å². The molecule has 0 radical (unpaired) electrons. The highest BCUT2D eigenvalue weighted by Crippen LogP contribution is 2.35. The number of pyridine rings is 1. The number of anilines is 1. The van der Waals surface area contributed by atoms with Crippen LogP contribution in [0, 0.1) is 5.82 Å². The van der Waals surface area contributed by atoms with Crippen molar-refractivity contribution in [1.82, 2.24) is 9.88 Å². The Balaban J connectivity index is 1.45. The minimum Gasteiger partial charge on any atom is -0.369 e. The second-order valence-electron chi connectivity index (χ2n) is 8.00. The summed E-state index contributed by atoms with van der Waals surface area (Å²) >= 11 is 1.31. The number of amidine groups is 1. The molecule has 3 heterocycles. The van der Waals surface area contributed by atoms with Crippen LogP contribution in [0.15, 0.2) is 83.0 Å². The summed E-state index contributed by atoms with van der Waals surface area (Å²) < 4.78 is 14.8. The first-order valence-corrected chi connectivity index (χ1v) is 11.8. The Bertz CT molecular complexity index is 1210. The molecule has 7 heteroatoms. The Morgan fingerprint density at radius 1 is 1.06 bits per heavy atom. The zero-order chi connectivity index (χ0) is 22.6. The van der Waals surface area contributed by atoms with Gasteiger partial charge in [-0.2, -0.15) is 0 Å². The minimum absolute atomic E-state index is 0.150. The molecule has 0 unspecified atom stereocenters. The maximum Gasteiger partial charge on any atom is 0.267 e. The molecule has 5 nitrogen and oxygen atoms in total. The van der Waals surface area contributed by atoms with Crippen molar-refractivity contribution in [3.05, 3.63) is 94.9 Å². The van der Waals surface area contributed by atoms with Crippen LogP contribution in [-0.2, 0) is 11.3 Å². The molecule has 2 fully saturated rings. The van der Waals surface area contributed by atoms with Gasteiger partial charge in [0.1, 0.15) is 5.82 Å². The number of halogens is 1. The number of hydrogen-bond acceptors (Lipinski definition) is 5. The molecule has 0 bridgehead atoms. The van der Waals surface area contributed by atoms with Crippen molar-refractivity contribution in [3.8, 4) is 0 Å². The lowest BCUT2D eigenvalue weighted by atomic mass is 10.1. The smallest absolute Gasteiger partial charge is 0.267 e. The van der Waals surface area contributed by atoms with Crippen molar-refractivity contribution in [3.63, 3.8) is 0 Å². The zero-order valence-corrected chi connectivity index (χ0v) is 18.8. The molecule has 166 valence electrons. The maximum atomic E-state index is 14.8. The average Bonchev–Trinajstić information content (AvgIpc) is 3.46. The Morgan fingerprint density at radius 2 is 1.88 bits per heavy atom. The number of hydrogen-bond donors (Lipinski definition) is 0. The number of aliphatic imine (C=N–C) groups is 1. The molecular weight excluding hydrogens is 435 g/mol. The first-order chi connectivity index (χ1) is 16.2. The van der Waals surface area contributed by atoms with E-state index in [2.05, 4.69) is 9.88 Å². The third-order valence-electron chi connectivity index (χ3n) is 5.65. The van der Waals surface area contributed by atoms with Crippen molar-refractivity contribution >= 4 is 40.3 Å². The first kappa shape index (κ1) is 21.4. The standard InChI is InChI=1S/C26H23FN4OS/c27-22-15-19(10-11-23(22)30-13-4-5-14-30)16-24-25(32)31(18-20-7-6-12-28-17-20)26(33-24)29-21-8-2-1-3-9-21/h1-3,6-12,15-17H,4-5,13-14,18H2. The fourth-order valence-corrected chi connectivity index (χ4v) is 4.99. The summed E-state index contributed by atoms with van der Waals surface area (Å²) in [4.78, 5) is 26.4. The summed E-state index contributed by atoms with van der Waals surface area (Å²) in [5, 5.41) is 0.593. The van der Waals surface area contributed by atoms with E-state index >= 15 is 0 Å². The Hall–Kier alpha value is -3.45. The number of benzene rings is 2. The van der Waals surface area contributed by atoms with Crippen LogP contribution in [0.2, 0.25) is 0 Å². The highest BCUT2D eigenvalue weighted by atomic mass is 32.2. The number of aromatic nitrogens is 1. The van der Waals surface area contributed by atoms with Gasteiger partial charge in [0.15, 0.2) is 5.17 Å². The molecule has 0 atom stereocenters. The largest absolute Gasteiger partial charge is 0.369 e. The fraction of sp³-hybridized carbons (Fsp3) is 0.192. The van der Waals surface area contributed by atoms with Crippen LogP contribution in [0.4, 0.5) is 15.8 Å². The van der Waals surface area contributed by atoms with E-state index in [1.807, 2.05) is 54.6 Å². The van der Waals surface area contributed by atoms with Crippen molar-refractivity contribution in [1.29, 1.82) is 0 Å². The van der Waals surface area contributed by atoms with Gasteiger partial charge in [0.2, 0.25) is 0 Å². The average molecular weight is 459 g/mol. The topological polar surface area (TPSA) is 48.8 Å². The van der Waals surface area contributed by atoms with Crippen LogP contribution in [0.5, 0.6) is 0 Å². The highest BCUT2D eigenvalue weighted by Gasteiger charge is 2.33. The Labute approximate surface area is 196 Å². The van der Waals surface area contributed by atoms with Gasteiger partial charge in [-0.1, -0.05) is 30.3 Å². The van der Waals surface area contributed by atoms with Gasteiger partial charge in [-0.05, 0) is 72.1 Å². The number of rotatable bonds is 5. The van der Waals surface area contributed by atoms with Crippen molar-refractivity contribution in [2.45, 2.75) is 19.4 Å². The van der Waals surface area contributed by atoms with Gasteiger partial charge < -0.3 is 4.90 Å². The summed E-state index contributed by atoms with van der Waals surface area (Å²) in [5.41, 5.74) is 2.97. The SMILES string of the molecule is O=C1C(=Cc2ccc(N3CCCC3)c(F)c2)SC(=Nc2ccccc2)N1Cc1cccnc1. The Morgan fingerprint density at radius 3 is 2.61 bits per heavy atom. The summed E-state index contributed by atoms with van der Waals surface area (Å²) in [6.07, 6.45) is 7.37. The molecule has 1 aromatic heterocycles. The molecule has 3 aromatic rings. The number of para-hydroxylation sites is 1. The van der Waals surface area contributed by atoms with E-state index in [4.69, 9.17) is 4.99 Å². The van der Waals surface area contributed by atoms with Crippen molar-refractivity contribution < 1.29 is 9.18 Å². The molecule has 2 aliphatic rings. The highest BCUT2D eigenvalue weighted by molar-refractivity contribution is 8.18. The zero-order valence-electron chi connectivity index (χ0n) is 18.0. The third kappa shape index (κ3) is 4.83. The van der Waals surface area contributed by atoms with Gasteiger partial charge >= 0.3 is 0 Å². The summed E-state index contributed by atoms with van der Waals surface area (Å²) in [7, 11) is 0. The normalized spacial score (nSPS) is 18.6. The van der Waals surface area contributed by atoms with Gasteiger partial charge in [-0.25, -0.2) is 9.38 Å². The second kappa shape index (κ2) is 9.58. The van der Waals surface area contributed by atoms with Crippen LogP contribution >= 0.6 is 11.8 Å². The molecule has 0 N–H and O–H groups in total. The molecular formula is C26H23FN4OS. The van der Waals surface area contributed by atoms with E-state index in [0.29, 0.717) is 27.9 Å². The van der Waals surface area contributed by atoms with Gasteiger partial charge in [0, 0.05) is 25.5 Å². The molecule has 0 spiro atoms. The Kier molecular flexibility index (Phi) is 6.21. The summed E-state index contributed by atoms with van der Waals surface area (Å²) in [6.45, 7) is 2.13. The van der Waals surface area contributed by atoms with Crippen molar-refractivity contribution in [2.24, 2.45) is 4.99 Å². The molecule has 0 saturated carbocycles. The van der Waals surface area contributed by atoms with E-state index in [1.54, 1.807) is 23.4 Å². The van der Waals surface area contributed by atoms with E-state index in [0.717, 1.165) is 37.2 Å². The van der Waals surface area contributed by atoms with E-state index in [-0.39, 0.29) is 11.7 Å². The molecule has 2 aromatic carbocycles. The van der Waals surface area contributed by atoms with Crippen molar-refractivity contribution in [2.75, 3.05) is 18.0 Å². The molecule has 0 aliphatic carbocycles. The number of carbonyl (C=O) groups is 1. The predicted octanol–water partition coefficient (Wildman–Crippen LogP) is 5.63. The number of carbonyl (C=O) groups excluding carboxylic acids is 1. The number of amides is 1. The number of thioether (sulfide) groups is 1. The molecule has 5 rings (SSSR count). The molecule has 2 aliphatic heterocycles. The van der Waals surface area contributed by atoms with Crippen LogP contribution in [0.3, 0.4) is 0 Å². The van der Waals surface area contributed by atoms with Gasteiger partial charge in [0.05, 0.1) is 22.8 Å². The van der Waals surface area contributed by atoms with Gasteiger partial charge in [-0.15, -0.1) is 0 Å². The monoisotopic (exact) mass is 458 g/mol. The molecule has 2 saturated heterocycles. The van der Waals surface area contributed by atoms with Gasteiger partial charge in [0.25, 0.3) is 5.91 Å².